The Morgan fingerprint density at radius 3 is 2.50 bits per heavy atom. The minimum Gasteiger partial charge on any atom is -0.325 e. The minimum atomic E-state index is 0.0453. The predicted molar refractivity (Wildman–Crippen MR) is 99.3 cm³/mol. The van der Waals surface area contributed by atoms with Crippen LogP contribution >= 0.6 is 0 Å². The van der Waals surface area contributed by atoms with Gasteiger partial charge in [0, 0.05) is 31.9 Å². The van der Waals surface area contributed by atoms with Crippen LogP contribution in [0.1, 0.15) is 38.2 Å². The van der Waals surface area contributed by atoms with E-state index in [1.54, 1.807) is 0 Å². The zero-order chi connectivity index (χ0) is 16.9. The van der Waals surface area contributed by atoms with Crippen LogP contribution in [0, 0.1) is 18.8 Å². The second-order valence-corrected chi connectivity index (χ2v) is 7.73. The molecule has 4 heteroatoms. The van der Waals surface area contributed by atoms with Gasteiger partial charge in [0.15, 0.2) is 0 Å². The van der Waals surface area contributed by atoms with Gasteiger partial charge in [-0.25, -0.2) is 4.79 Å². The van der Waals surface area contributed by atoms with Crippen LogP contribution in [0.3, 0.4) is 0 Å². The number of rotatable bonds is 3. The molecule has 0 bridgehead atoms. The number of piperidine rings is 2. The van der Waals surface area contributed by atoms with Crippen LogP contribution in [0.15, 0.2) is 24.3 Å². The number of carbonyl (C=O) groups excluding carboxylic acids is 1. The summed E-state index contributed by atoms with van der Waals surface area (Å²) in [6.07, 6.45) is 4.99. The van der Waals surface area contributed by atoms with Gasteiger partial charge in [-0.05, 0) is 63.1 Å². The molecule has 1 atom stereocenters. The van der Waals surface area contributed by atoms with Gasteiger partial charge in [0.05, 0.1) is 0 Å². The summed E-state index contributed by atoms with van der Waals surface area (Å²) in [5.41, 5.74) is 2.09. The van der Waals surface area contributed by atoms with Crippen molar-refractivity contribution in [1.82, 2.24) is 9.80 Å². The smallest absolute Gasteiger partial charge is 0.321 e. The third kappa shape index (κ3) is 4.73. The number of carbonyl (C=O) groups is 1. The molecular formula is C20H31N3O. The van der Waals surface area contributed by atoms with Crippen LogP contribution in [0.25, 0.3) is 0 Å². The molecule has 2 heterocycles. The van der Waals surface area contributed by atoms with Crippen molar-refractivity contribution in [3.05, 3.63) is 29.8 Å². The summed E-state index contributed by atoms with van der Waals surface area (Å²) in [5.74, 6) is 1.60. The summed E-state index contributed by atoms with van der Waals surface area (Å²) in [6.45, 7) is 9.92. The van der Waals surface area contributed by atoms with Crippen LogP contribution in [-0.2, 0) is 0 Å². The van der Waals surface area contributed by atoms with E-state index in [4.69, 9.17) is 0 Å². The van der Waals surface area contributed by atoms with Gasteiger partial charge in [-0.3, -0.25) is 0 Å². The fourth-order valence-corrected chi connectivity index (χ4v) is 3.98. The predicted octanol–water partition coefficient (Wildman–Crippen LogP) is 3.97. The number of nitrogens with zero attached hydrogens (tertiary/aromatic N) is 2. The molecule has 2 aliphatic rings. The molecule has 2 saturated heterocycles. The van der Waals surface area contributed by atoms with Gasteiger partial charge in [-0.15, -0.1) is 0 Å². The van der Waals surface area contributed by atoms with E-state index in [-0.39, 0.29) is 6.03 Å². The van der Waals surface area contributed by atoms with Crippen molar-refractivity contribution in [2.45, 2.75) is 39.5 Å². The molecule has 0 saturated carbocycles. The van der Waals surface area contributed by atoms with Crippen molar-refractivity contribution in [3.8, 4) is 0 Å². The molecule has 0 radical (unpaired) electrons. The molecule has 4 nitrogen and oxygen atoms in total. The van der Waals surface area contributed by atoms with E-state index in [1.807, 2.05) is 29.2 Å². The maximum absolute atomic E-state index is 12.4. The van der Waals surface area contributed by atoms with E-state index in [0.29, 0.717) is 0 Å². The van der Waals surface area contributed by atoms with Crippen molar-refractivity contribution in [2.75, 3.05) is 38.0 Å². The molecule has 2 fully saturated rings. The summed E-state index contributed by atoms with van der Waals surface area (Å²) in [5, 5.41) is 3.02. The third-order valence-electron chi connectivity index (χ3n) is 5.46. The Balaban J connectivity index is 1.42. The zero-order valence-electron chi connectivity index (χ0n) is 15.1. The summed E-state index contributed by atoms with van der Waals surface area (Å²) in [7, 11) is 0. The highest BCUT2D eigenvalue weighted by Crippen LogP contribution is 2.23. The fourth-order valence-electron chi connectivity index (χ4n) is 3.98. The van der Waals surface area contributed by atoms with Gasteiger partial charge in [0.2, 0.25) is 0 Å². The standard InChI is InChI=1S/C20H31N3O/c1-16-5-7-19(8-6-16)21-20(24)23-12-9-18(10-13-23)15-22-11-3-4-17(2)14-22/h5-8,17-18H,3-4,9-15H2,1-2H3,(H,21,24)/t17-/m0/s1. The maximum Gasteiger partial charge on any atom is 0.321 e. The lowest BCUT2D eigenvalue weighted by Gasteiger charge is -2.37. The first-order chi connectivity index (χ1) is 11.6. The van der Waals surface area contributed by atoms with Crippen molar-refractivity contribution >= 4 is 11.7 Å². The number of benzene rings is 1. The molecule has 2 amide bonds. The maximum atomic E-state index is 12.4. The first kappa shape index (κ1) is 17.3. The third-order valence-corrected chi connectivity index (χ3v) is 5.46. The highest BCUT2D eigenvalue weighted by atomic mass is 16.2. The molecule has 0 unspecified atom stereocenters. The number of hydrogen-bond acceptors (Lipinski definition) is 2. The molecule has 3 rings (SSSR count). The Kier molecular flexibility index (Phi) is 5.77. The van der Waals surface area contributed by atoms with Crippen LogP contribution in [0.2, 0.25) is 0 Å². The quantitative estimate of drug-likeness (QED) is 0.911. The SMILES string of the molecule is Cc1ccc(NC(=O)N2CCC(CN3CCC[C@H](C)C3)CC2)cc1. The molecule has 1 aromatic rings. The molecular weight excluding hydrogens is 298 g/mol. The lowest BCUT2D eigenvalue weighted by molar-refractivity contribution is 0.125. The molecule has 2 aliphatic heterocycles. The van der Waals surface area contributed by atoms with Gasteiger partial charge >= 0.3 is 6.03 Å². The van der Waals surface area contributed by atoms with E-state index < -0.39 is 0 Å². The average Bonchev–Trinajstić information content (AvgIpc) is 2.57. The number of nitrogens with one attached hydrogen (secondary N) is 1. The largest absolute Gasteiger partial charge is 0.325 e. The van der Waals surface area contributed by atoms with Crippen molar-refractivity contribution < 1.29 is 4.79 Å². The Morgan fingerprint density at radius 1 is 1.12 bits per heavy atom. The molecule has 1 N–H and O–H groups in total. The lowest BCUT2D eigenvalue weighted by Crippen LogP contribution is -2.44. The Hall–Kier alpha value is -1.55. The van der Waals surface area contributed by atoms with Crippen molar-refractivity contribution in [2.24, 2.45) is 11.8 Å². The second kappa shape index (κ2) is 8.02. The number of amides is 2. The molecule has 1 aromatic carbocycles. The van der Waals surface area contributed by atoms with E-state index in [0.717, 1.165) is 43.5 Å². The Morgan fingerprint density at radius 2 is 1.83 bits per heavy atom. The molecule has 24 heavy (non-hydrogen) atoms. The Labute approximate surface area is 146 Å². The van der Waals surface area contributed by atoms with Gasteiger partial charge in [0.1, 0.15) is 0 Å². The van der Waals surface area contributed by atoms with Crippen LogP contribution < -0.4 is 5.32 Å². The zero-order valence-corrected chi connectivity index (χ0v) is 15.1. The topological polar surface area (TPSA) is 35.6 Å². The first-order valence-electron chi connectivity index (χ1n) is 9.45. The number of anilines is 1. The van der Waals surface area contributed by atoms with Crippen LogP contribution in [0.5, 0.6) is 0 Å². The highest BCUT2D eigenvalue weighted by molar-refractivity contribution is 5.89. The molecule has 0 aromatic heterocycles. The average molecular weight is 329 g/mol. The first-order valence-corrected chi connectivity index (χ1v) is 9.45. The van der Waals surface area contributed by atoms with Crippen molar-refractivity contribution in [1.29, 1.82) is 0 Å². The number of aryl methyl sites for hydroxylation is 1. The summed E-state index contributed by atoms with van der Waals surface area (Å²) in [4.78, 5) is 17.0. The van der Waals surface area contributed by atoms with E-state index in [2.05, 4.69) is 24.1 Å². The highest BCUT2D eigenvalue weighted by Gasteiger charge is 2.25. The van der Waals surface area contributed by atoms with E-state index >= 15 is 0 Å². The normalized spacial score (nSPS) is 23.2. The van der Waals surface area contributed by atoms with Crippen LogP contribution in [0.4, 0.5) is 10.5 Å². The number of urea groups is 1. The van der Waals surface area contributed by atoms with Crippen LogP contribution in [-0.4, -0.2) is 48.6 Å². The van der Waals surface area contributed by atoms with E-state index in [1.165, 1.54) is 38.0 Å². The van der Waals surface area contributed by atoms with Gasteiger partial charge in [-0.1, -0.05) is 24.6 Å². The van der Waals surface area contributed by atoms with E-state index in [9.17, 15) is 4.79 Å². The number of likely N-dealkylation sites (tertiary alicyclic amines) is 2. The monoisotopic (exact) mass is 329 g/mol. The lowest BCUT2D eigenvalue weighted by atomic mass is 9.94. The summed E-state index contributed by atoms with van der Waals surface area (Å²) in [6, 6.07) is 8.04. The summed E-state index contributed by atoms with van der Waals surface area (Å²) < 4.78 is 0. The molecule has 0 spiro atoms. The summed E-state index contributed by atoms with van der Waals surface area (Å²) >= 11 is 0. The second-order valence-electron chi connectivity index (χ2n) is 7.73. The molecule has 0 aliphatic carbocycles. The Bertz CT molecular complexity index is 534. The van der Waals surface area contributed by atoms with Gasteiger partial charge in [-0.2, -0.15) is 0 Å². The molecule has 132 valence electrons. The van der Waals surface area contributed by atoms with Crippen molar-refractivity contribution in [3.63, 3.8) is 0 Å². The minimum absolute atomic E-state index is 0.0453. The fraction of sp³-hybridized carbons (Fsp3) is 0.650. The number of hydrogen-bond donors (Lipinski definition) is 1. The van der Waals surface area contributed by atoms with Gasteiger partial charge in [0.25, 0.3) is 0 Å². The van der Waals surface area contributed by atoms with Gasteiger partial charge < -0.3 is 15.1 Å².